The summed E-state index contributed by atoms with van der Waals surface area (Å²) in [5.74, 6) is 0.288. The maximum absolute atomic E-state index is 15.8. The number of nitrogens with one attached hydrogen (secondary N) is 1. The van der Waals surface area contributed by atoms with Crippen LogP contribution >= 0.6 is 27.5 Å². The third-order valence-corrected chi connectivity index (χ3v) is 7.17. The summed E-state index contributed by atoms with van der Waals surface area (Å²) >= 11 is 9.77. The summed E-state index contributed by atoms with van der Waals surface area (Å²) < 4.78 is 35.8. The molecule has 0 bridgehead atoms. The number of amides is 1. The van der Waals surface area contributed by atoms with E-state index in [-0.39, 0.29) is 38.3 Å². The van der Waals surface area contributed by atoms with Crippen LogP contribution in [0.3, 0.4) is 0 Å². The number of hydrogen-bond acceptors (Lipinski definition) is 5. The molecule has 0 fully saturated rings. The topological polar surface area (TPSA) is 71.5 Å². The Morgan fingerprint density at radius 3 is 2.49 bits per heavy atom. The van der Waals surface area contributed by atoms with Crippen molar-refractivity contribution in [2.45, 2.75) is 38.9 Å². The van der Waals surface area contributed by atoms with E-state index in [0.717, 1.165) is 6.07 Å². The Morgan fingerprint density at radius 2 is 1.85 bits per heavy atom. The van der Waals surface area contributed by atoms with Gasteiger partial charge in [-0.3, -0.25) is 9.78 Å². The molecule has 6 nitrogen and oxygen atoms in total. The summed E-state index contributed by atoms with van der Waals surface area (Å²) in [6.45, 7) is 5.34. The van der Waals surface area contributed by atoms with Crippen molar-refractivity contribution in [1.82, 2.24) is 15.2 Å². The molecular formula is C31H27BrClF2N3O3. The van der Waals surface area contributed by atoms with Crippen LogP contribution in [0.1, 0.15) is 48.3 Å². The molecular weight excluding hydrogens is 616 g/mol. The first kappa shape index (κ1) is 30.2. The van der Waals surface area contributed by atoms with Crippen LogP contribution in [-0.2, 0) is 11.3 Å². The normalized spacial score (nSPS) is 12.0. The summed E-state index contributed by atoms with van der Waals surface area (Å²) in [7, 11) is 1.53. The first-order valence-corrected chi connectivity index (χ1v) is 13.8. The maximum Gasteiger partial charge on any atom is 0.258 e. The van der Waals surface area contributed by atoms with Gasteiger partial charge in [-0.1, -0.05) is 29.8 Å². The average molecular weight is 643 g/mol. The van der Waals surface area contributed by atoms with Crippen LogP contribution in [0.4, 0.5) is 8.78 Å². The number of aromatic nitrogens is 1. The molecule has 1 amide bonds. The van der Waals surface area contributed by atoms with Crippen molar-refractivity contribution >= 4 is 50.3 Å². The van der Waals surface area contributed by atoms with Crippen LogP contribution in [0.5, 0.6) is 5.75 Å². The highest BCUT2D eigenvalue weighted by Gasteiger charge is 2.36. The number of fused-ring (bicyclic) bond motifs is 1. The number of pyridine rings is 1. The second kappa shape index (κ2) is 12.4. The number of carbonyl (C=O) groups is 1. The van der Waals surface area contributed by atoms with Crippen molar-refractivity contribution in [3.63, 3.8) is 0 Å². The van der Waals surface area contributed by atoms with Crippen LogP contribution in [0, 0.1) is 11.6 Å². The third kappa shape index (κ3) is 6.76. The first-order valence-electron chi connectivity index (χ1n) is 12.6. The fraction of sp³-hybridized carbons (Fsp3) is 0.226. The molecule has 0 saturated heterocycles. The van der Waals surface area contributed by atoms with Crippen molar-refractivity contribution in [3.8, 4) is 5.75 Å². The lowest BCUT2D eigenvalue weighted by Crippen LogP contribution is -2.44. The molecule has 4 rings (SSSR count). The number of rotatable bonds is 8. The van der Waals surface area contributed by atoms with E-state index >= 15 is 4.39 Å². The number of nitrogens with zero attached hydrogens (tertiary/aromatic N) is 2. The largest absolute Gasteiger partial charge is 0.497 e. The number of hydrogen-bond donors (Lipinski definition) is 1. The van der Waals surface area contributed by atoms with Gasteiger partial charge in [0.25, 0.3) is 5.91 Å². The van der Waals surface area contributed by atoms with Gasteiger partial charge in [-0.05, 0) is 84.7 Å². The zero-order valence-corrected chi connectivity index (χ0v) is 25.1. The molecule has 0 saturated carbocycles. The molecule has 41 heavy (non-hydrogen) atoms. The second-order valence-electron chi connectivity index (χ2n) is 10.4. The fourth-order valence-electron chi connectivity index (χ4n) is 4.48. The van der Waals surface area contributed by atoms with Crippen LogP contribution in [0.15, 0.2) is 77.0 Å². The highest BCUT2D eigenvalue weighted by Crippen LogP contribution is 2.37. The number of carbonyl (C=O) groups excluding carboxylic acids is 2. The lowest BCUT2D eigenvalue weighted by molar-refractivity contribution is 0.0676. The minimum atomic E-state index is -1.27. The average Bonchev–Trinajstić information content (AvgIpc) is 2.94. The SMILES string of the molecule is COc1ccc(CN(C(=O)c2c(F)c(Br)cc3ncccc23)C(C(=C=O)NC(C)(C)C)c2cc(F)ccc2Cl)cc1. The molecule has 1 unspecified atom stereocenters. The molecule has 3 aromatic carbocycles. The Morgan fingerprint density at radius 1 is 1.15 bits per heavy atom. The van der Waals surface area contributed by atoms with E-state index in [2.05, 4.69) is 26.2 Å². The molecule has 0 aliphatic rings. The standard InChI is InChI=1S/C31H27BrClF2N3O3/c1-31(2,3)37-26(17-39)29(22-14-19(34)9-12-24(22)33)38(16-18-7-10-20(41-4)11-8-18)30(40)27-21-6-5-13-36-25(21)15-23(32)28(27)35/h5-15,29,37H,16H2,1-4H3. The van der Waals surface area contributed by atoms with Gasteiger partial charge in [0.1, 0.15) is 29.2 Å². The molecule has 1 heterocycles. The number of methoxy groups -OCH3 is 1. The Hall–Kier alpha value is -3.78. The Bertz CT molecular complexity index is 1650. The van der Waals surface area contributed by atoms with E-state index in [9.17, 15) is 14.0 Å². The van der Waals surface area contributed by atoms with Gasteiger partial charge in [-0.25, -0.2) is 13.6 Å². The van der Waals surface area contributed by atoms with Gasteiger partial charge >= 0.3 is 0 Å². The van der Waals surface area contributed by atoms with Gasteiger partial charge in [-0.15, -0.1) is 0 Å². The maximum atomic E-state index is 15.8. The Kier molecular flexibility index (Phi) is 9.12. The smallest absolute Gasteiger partial charge is 0.258 e. The number of benzene rings is 3. The number of ether oxygens (including phenoxy) is 1. The summed E-state index contributed by atoms with van der Waals surface area (Å²) in [6, 6.07) is 14.0. The second-order valence-corrected chi connectivity index (χ2v) is 11.6. The summed E-state index contributed by atoms with van der Waals surface area (Å²) in [5.41, 5.74) is 0.140. The Labute approximate surface area is 250 Å². The molecule has 0 aliphatic carbocycles. The monoisotopic (exact) mass is 641 g/mol. The van der Waals surface area contributed by atoms with E-state index in [1.54, 1.807) is 36.4 Å². The molecule has 0 aliphatic heterocycles. The van der Waals surface area contributed by atoms with Crippen LogP contribution in [0.2, 0.25) is 5.02 Å². The van der Waals surface area contributed by atoms with Gasteiger partial charge < -0.3 is 15.0 Å². The highest BCUT2D eigenvalue weighted by atomic mass is 79.9. The molecule has 4 aromatic rings. The van der Waals surface area contributed by atoms with Crippen molar-refractivity contribution in [2.24, 2.45) is 0 Å². The van der Waals surface area contributed by atoms with E-state index < -0.39 is 29.1 Å². The van der Waals surface area contributed by atoms with E-state index in [0.29, 0.717) is 16.8 Å². The molecule has 1 aromatic heterocycles. The Balaban J connectivity index is 2.01. The number of halogens is 4. The van der Waals surface area contributed by atoms with Crippen LogP contribution in [-0.4, -0.2) is 34.4 Å². The van der Waals surface area contributed by atoms with E-state index in [1.165, 1.54) is 36.4 Å². The highest BCUT2D eigenvalue weighted by molar-refractivity contribution is 9.10. The van der Waals surface area contributed by atoms with E-state index in [1.807, 2.05) is 26.7 Å². The molecule has 0 radical (unpaired) electrons. The van der Waals surface area contributed by atoms with Gasteiger partial charge in [0.2, 0.25) is 0 Å². The van der Waals surface area contributed by atoms with E-state index in [4.69, 9.17) is 16.3 Å². The predicted octanol–water partition coefficient (Wildman–Crippen LogP) is 7.42. The van der Waals surface area contributed by atoms with Crippen molar-refractivity contribution < 1.29 is 23.1 Å². The molecule has 10 heteroatoms. The third-order valence-electron chi connectivity index (χ3n) is 6.24. The lowest BCUT2D eigenvalue weighted by Gasteiger charge is -2.36. The van der Waals surface area contributed by atoms with Crippen molar-refractivity contribution in [3.05, 3.63) is 110 Å². The summed E-state index contributed by atoms with van der Waals surface area (Å²) in [6.07, 6.45) is 1.53. The fourth-order valence-corrected chi connectivity index (χ4v) is 5.12. The van der Waals surface area contributed by atoms with Gasteiger partial charge in [0.15, 0.2) is 5.82 Å². The minimum Gasteiger partial charge on any atom is -0.497 e. The molecule has 0 spiro atoms. The minimum absolute atomic E-state index is 0.0377. The quantitative estimate of drug-likeness (QED) is 0.203. The predicted molar refractivity (Wildman–Crippen MR) is 159 cm³/mol. The van der Waals surface area contributed by atoms with Crippen LogP contribution in [0.25, 0.3) is 10.9 Å². The summed E-state index contributed by atoms with van der Waals surface area (Å²) in [5, 5.41) is 3.46. The first-order chi connectivity index (χ1) is 19.4. The van der Waals surface area contributed by atoms with Crippen molar-refractivity contribution in [1.29, 1.82) is 0 Å². The molecule has 212 valence electrons. The van der Waals surface area contributed by atoms with Gasteiger partial charge in [-0.2, -0.15) is 0 Å². The van der Waals surface area contributed by atoms with Gasteiger partial charge in [0, 0.05) is 34.3 Å². The van der Waals surface area contributed by atoms with Gasteiger partial charge in [0.05, 0.1) is 22.7 Å². The molecule has 1 N–H and O–H groups in total. The summed E-state index contributed by atoms with van der Waals surface area (Å²) in [4.78, 5) is 32.6. The molecule has 1 atom stereocenters. The van der Waals surface area contributed by atoms with Crippen LogP contribution < -0.4 is 10.1 Å². The zero-order chi connectivity index (χ0) is 29.9. The zero-order valence-electron chi connectivity index (χ0n) is 22.8. The van der Waals surface area contributed by atoms with Crippen molar-refractivity contribution in [2.75, 3.05) is 7.11 Å². The lowest BCUT2D eigenvalue weighted by atomic mass is 9.96.